The number of nitrogens with zero attached hydrogens (tertiary/aromatic N) is 1. The zero-order valence-corrected chi connectivity index (χ0v) is 28.1. The second-order valence-electron chi connectivity index (χ2n) is 14.4. The van der Waals surface area contributed by atoms with Gasteiger partial charge in [0.25, 0.3) is 0 Å². The zero-order valence-electron chi connectivity index (χ0n) is 28.1. The first kappa shape index (κ1) is 38.4. The van der Waals surface area contributed by atoms with Crippen LogP contribution in [-0.2, 0) is 46.2 Å². The van der Waals surface area contributed by atoms with E-state index in [0.29, 0.717) is 49.8 Å². The third-order valence-electron chi connectivity index (χ3n) is 10.9. The fraction of sp³-hybridized carbons (Fsp3) is 0.657. The predicted molar refractivity (Wildman–Crippen MR) is 163 cm³/mol. The molecule has 272 valence electrons. The third-order valence-corrected chi connectivity index (χ3v) is 10.9. The molecule has 1 amide bonds. The van der Waals surface area contributed by atoms with Gasteiger partial charge in [-0.15, -0.1) is 0 Å². The quantitative estimate of drug-likeness (QED) is 0.130. The van der Waals surface area contributed by atoms with Crippen LogP contribution in [0.5, 0.6) is 0 Å². The minimum Gasteiger partial charge on any atom is -0.463 e. The molecule has 0 N–H and O–H groups in total. The first-order valence-electron chi connectivity index (χ1n) is 16.3. The van der Waals surface area contributed by atoms with Crippen LogP contribution in [0.4, 0.5) is 30.7 Å². The SMILES string of the molecule is C=CC(C)(C)OC(=O)C1Cc2cc(C(F)(C(F)(F)F)C(F)(F)F)ccc2C2(C)CCN(C(=O)C3CCC(C(=O)C(=O)OC)CC3)C2CC1C. The molecule has 4 rings (SSSR count). The molecule has 1 aromatic rings. The van der Waals surface area contributed by atoms with E-state index in [2.05, 4.69) is 11.3 Å². The smallest absolute Gasteiger partial charge is 0.435 e. The highest BCUT2D eigenvalue weighted by Gasteiger charge is 2.73. The van der Waals surface area contributed by atoms with E-state index in [0.717, 1.165) is 13.2 Å². The number of ketones is 1. The van der Waals surface area contributed by atoms with Gasteiger partial charge in [0, 0.05) is 35.4 Å². The van der Waals surface area contributed by atoms with Gasteiger partial charge in [-0.1, -0.05) is 38.6 Å². The number of fused-ring (bicyclic) bond motifs is 3. The van der Waals surface area contributed by atoms with Gasteiger partial charge in [-0.25, -0.2) is 9.18 Å². The van der Waals surface area contributed by atoms with E-state index in [1.807, 2.05) is 0 Å². The molecule has 4 unspecified atom stereocenters. The van der Waals surface area contributed by atoms with Crippen molar-refractivity contribution in [2.24, 2.45) is 23.7 Å². The van der Waals surface area contributed by atoms with Gasteiger partial charge in [-0.2, -0.15) is 26.3 Å². The average molecular weight is 706 g/mol. The van der Waals surface area contributed by atoms with Crippen LogP contribution in [0.3, 0.4) is 0 Å². The maximum atomic E-state index is 15.3. The van der Waals surface area contributed by atoms with Crippen LogP contribution in [0, 0.1) is 23.7 Å². The lowest BCUT2D eigenvalue weighted by atomic mass is 9.66. The van der Waals surface area contributed by atoms with Crippen LogP contribution in [0.15, 0.2) is 30.9 Å². The van der Waals surface area contributed by atoms with Crippen molar-refractivity contribution >= 4 is 23.6 Å². The average Bonchev–Trinajstić information content (AvgIpc) is 3.35. The second-order valence-corrected chi connectivity index (χ2v) is 14.4. The second kappa shape index (κ2) is 13.4. The number of Topliss-reactive ketones (excluding diaryl/α,β-unsaturated/α-hetero) is 1. The van der Waals surface area contributed by atoms with Crippen molar-refractivity contribution in [3.8, 4) is 0 Å². The largest absolute Gasteiger partial charge is 0.463 e. The van der Waals surface area contributed by atoms with Crippen molar-refractivity contribution < 1.29 is 59.4 Å². The number of methoxy groups -OCH3 is 1. The Hall–Kier alpha value is -3.45. The first-order chi connectivity index (χ1) is 22.5. The molecular weight excluding hydrogens is 663 g/mol. The number of esters is 2. The molecule has 0 aromatic heterocycles. The molecule has 1 aromatic carbocycles. The topological polar surface area (TPSA) is 90.0 Å². The Bertz CT molecular complexity index is 1470. The summed E-state index contributed by atoms with van der Waals surface area (Å²) in [4.78, 5) is 53.4. The number of halogens is 7. The highest BCUT2D eigenvalue weighted by Crippen LogP contribution is 2.55. The molecule has 0 spiro atoms. The van der Waals surface area contributed by atoms with Crippen LogP contribution in [-0.4, -0.2) is 66.2 Å². The van der Waals surface area contributed by atoms with Gasteiger partial charge in [0.1, 0.15) is 5.60 Å². The van der Waals surface area contributed by atoms with Crippen LogP contribution in [0.25, 0.3) is 0 Å². The van der Waals surface area contributed by atoms with Gasteiger partial charge in [0.15, 0.2) is 0 Å². The van der Waals surface area contributed by atoms with Gasteiger partial charge >= 0.3 is 30.0 Å². The highest BCUT2D eigenvalue weighted by molar-refractivity contribution is 6.34. The summed E-state index contributed by atoms with van der Waals surface area (Å²) in [5.74, 6) is -5.31. The minimum absolute atomic E-state index is 0.0680. The van der Waals surface area contributed by atoms with E-state index in [1.54, 1.807) is 32.6 Å². The van der Waals surface area contributed by atoms with Crippen molar-refractivity contribution in [3.05, 3.63) is 47.5 Å². The number of hydrogen-bond donors (Lipinski definition) is 0. The summed E-state index contributed by atoms with van der Waals surface area (Å²) < 4.78 is 108. The van der Waals surface area contributed by atoms with E-state index in [-0.39, 0.29) is 30.9 Å². The molecule has 0 radical (unpaired) electrons. The number of benzene rings is 1. The molecule has 2 fully saturated rings. The fourth-order valence-electron chi connectivity index (χ4n) is 7.76. The molecule has 0 bridgehead atoms. The van der Waals surface area contributed by atoms with Crippen molar-refractivity contribution in [2.75, 3.05) is 13.7 Å². The lowest BCUT2D eigenvalue weighted by molar-refractivity contribution is -0.348. The molecule has 49 heavy (non-hydrogen) atoms. The van der Waals surface area contributed by atoms with Crippen LogP contribution >= 0.6 is 0 Å². The number of carbonyl (C=O) groups excluding carboxylic acids is 4. The number of amides is 1. The van der Waals surface area contributed by atoms with Gasteiger partial charge in [-0.05, 0) is 81.9 Å². The molecular formula is C35H42F7NO6. The van der Waals surface area contributed by atoms with Gasteiger partial charge in [-0.3, -0.25) is 14.4 Å². The normalized spacial score (nSPS) is 28.0. The summed E-state index contributed by atoms with van der Waals surface area (Å²) in [7, 11) is 1.11. The summed E-state index contributed by atoms with van der Waals surface area (Å²) >= 11 is 0. The molecule has 1 saturated heterocycles. The molecule has 7 nitrogen and oxygen atoms in total. The van der Waals surface area contributed by atoms with Crippen LogP contribution in [0.1, 0.15) is 82.9 Å². The van der Waals surface area contributed by atoms with Crippen LogP contribution in [0.2, 0.25) is 0 Å². The molecule has 14 heteroatoms. The Kier molecular flexibility index (Phi) is 10.5. The summed E-state index contributed by atoms with van der Waals surface area (Å²) in [6.07, 6.45) is -9.83. The maximum Gasteiger partial charge on any atom is 0.435 e. The minimum atomic E-state index is -6.33. The Labute approximate surface area is 280 Å². The van der Waals surface area contributed by atoms with Crippen molar-refractivity contribution in [3.63, 3.8) is 0 Å². The highest BCUT2D eigenvalue weighted by atomic mass is 19.4. The fourth-order valence-corrected chi connectivity index (χ4v) is 7.76. The number of hydrogen-bond acceptors (Lipinski definition) is 6. The number of ether oxygens (including phenoxy) is 2. The first-order valence-corrected chi connectivity index (χ1v) is 16.3. The lowest BCUT2D eigenvalue weighted by Crippen LogP contribution is -2.51. The Balaban J connectivity index is 1.77. The van der Waals surface area contributed by atoms with E-state index >= 15 is 4.39 Å². The van der Waals surface area contributed by atoms with Crippen molar-refractivity contribution in [1.82, 2.24) is 4.90 Å². The summed E-state index contributed by atoms with van der Waals surface area (Å²) in [6, 6.07) is 1.48. The monoisotopic (exact) mass is 705 g/mol. The van der Waals surface area contributed by atoms with E-state index in [1.165, 1.54) is 6.08 Å². The van der Waals surface area contributed by atoms with Crippen LogP contribution < -0.4 is 0 Å². The maximum absolute atomic E-state index is 15.3. The van der Waals surface area contributed by atoms with Crippen molar-refractivity contribution in [2.45, 2.75) is 108 Å². The van der Waals surface area contributed by atoms with Gasteiger partial charge in [0.05, 0.1) is 13.0 Å². The Morgan fingerprint density at radius 2 is 1.53 bits per heavy atom. The molecule has 3 aliphatic rings. The Morgan fingerprint density at radius 1 is 0.959 bits per heavy atom. The van der Waals surface area contributed by atoms with Gasteiger partial charge < -0.3 is 14.4 Å². The third kappa shape index (κ3) is 6.97. The lowest BCUT2D eigenvalue weighted by Gasteiger charge is -2.43. The number of carbonyl (C=O) groups is 4. The number of rotatable bonds is 7. The molecule has 1 heterocycles. The number of alkyl halides is 7. The van der Waals surface area contributed by atoms with Gasteiger partial charge in [0.2, 0.25) is 11.7 Å². The van der Waals surface area contributed by atoms with E-state index < -0.39 is 82.0 Å². The zero-order chi connectivity index (χ0) is 36.9. The summed E-state index contributed by atoms with van der Waals surface area (Å²) in [6.45, 7) is 10.5. The Morgan fingerprint density at radius 3 is 2.06 bits per heavy atom. The summed E-state index contributed by atoms with van der Waals surface area (Å²) in [5.41, 5.74) is -9.19. The van der Waals surface area contributed by atoms with Crippen molar-refractivity contribution in [1.29, 1.82) is 0 Å². The number of likely N-dealkylation sites (tertiary alicyclic amines) is 1. The molecule has 2 aliphatic carbocycles. The predicted octanol–water partition coefficient (Wildman–Crippen LogP) is 7.09. The summed E-state index contributed by atoms with van der Waals surface area (Å²) in [5, 5.41) is 0. The molecule has 1 saturated carbocycles. The van der Waals surface area contributed by atoms with E-state index in [4.69, 9.17) is 4.74 Å². The standard InChI is InChI=1S/C35H42F7NO6/c1-7-31(3,4)49-29(46)24-18-22-17-23(33(36,34(37,38)39)35(40,41)42)12-13-25(22)32(5)14-15-43(26(32)16-19(24)2)28(45)21-10-8-20(9-11-21)27(44)30(47)48-6/h7,12-13,17,19-21,24,26H,1,8-11,14-16,18H2,2-6H3. The van der Waals surface area contributed by atoms with E-state index in [9.17, 15) is 45.5 Å². The molecule has 4 atom stereocenters. The molecule has 1 aliphatic heterocycles.